The summed E-state index contributed by atoms with van der Waals surface area (Å²) in [6.07, 6.45) is 2.44. The zero-order chi connectivity index (χ0) is 23.9. The standard InChI is InChI=1S/C26H29N3O4S/c1-2-20-16-34-26(28-20)21(14-17-4-7-19(27)8-5-17)29-25(31)11-9-22(30)18-6-10-23-24(15-18)33-13-3-12-32-23/h4-8,10,15-16,21H,2-3,9,11-14,27H2,1H3,(H,29,31). The van der Waals surface area contributed by atoms with E-state index >= 15 is 0 Å². The molecule has 34 heavy (non-hydrogen) atoms. The molecule has 1 aliphatic rings. The number of hydrogen-bond donors (Lipinski definition) is 2. The summed E-state index contributed by atoms with van der Waals surface area (Å²) < 4.78 is 11.3. The first-order chi connectivity index (χ1) is 16.5. The number of carbonyl (C=O) groups is 2. The Bertz CT molecular complexity index is 1140. The number of nitrogens with zero attached hydrogens (tertiary/aromatic N) is 1. The highest BCUT2D eigenvalue weighted by Gasteiger charge is 2.20. The van der Waals surface area contributed by atoms with Crippen LogP contribution in [0.4, 0.5) is 5.69 Å². The van der Waals surface area contributed by atoms with Gasteiger partial charge in [-0.25, -0.2) is 4.98 Å². The molecule has 0 fully saturated rings. The Hall–Kier alpha value is -3.39. The van der Waals surface area contributed by atoms with E-state index in [0.29, 0.717) is 42.4 Å². The Morgan fingerprint density at radius 3 is 2.59 bits per heavy atom. The number of ether oxygens (including phenoxy) is 2. The van der Waals surface area contributed by atoms with Crippen molar-refractivity contribution >= 4 is 28.7 Å². The number of thiazole rings is 1. The molecular formula is C26H29N3O4S. The fraction of sp³-hybridized carbons (Fsp3) is 0.346. The van der Waals surface area contributed by atoms with Crippen LogP contribution in [0.25, 0.3) is 0 Å². The van der Waals surface area contributed by atoms with Gasteiger partial charge < -0.3 is 20.5 Å². The summed E-state index contributed by atoms with van der Waals surface area (Å²) in [6, 6.07) is 12.5. The van der Waals surface area contributed by atoms with Crippen molar-refractivity contribution in [2.24, 2.45) is 0 Å². The molecule has 1 unspecified atom stereocenters. The van der Waals surface area contributed by atoms with Crippen molar-refractivity contribution in [3.8, 4) is 11.5 Å². The number of Topliss-reactive ketones (excluding diaryl/α,β-unsaturated/α-hetero) is 1. The summed E-state index contributed by atoms with van der Waals surface area (Å²) in [5, 5.41) is 5.96. The average Bonchev–Trinajstić information content (AvgIpc) is 3.21. The maximum absolute atomic E-state index is 12.8. The zero-order valence-electron chi connectivity index (χ0n) is 19.2. The van der Waals surface area contributed by atoms with E-state index in [-0.39, 0.29) is 30.6 Å². The first kappa shape index (κ1) is 23.8. The number of aromatic nitrogens is 1. The minimum absolute atomic E-state index is 0.0948. The zero-order valence-corrected chi connectivity index (χ0v) is 20.0. The van der Waals surface area contributed by atoms with Gasteiger partial charge in [0.15, 0.2) is 17.3 Å². The van der Waals surface area contributed by atoms with E-state index in [1.807, 2.05) is 29.6 Å². The number of fused-ring (bicyclic) bond motifs is 1. The SMILES string of the molecule is CCc1csc(C(Cc2ccc(N)cc2)NC(=O)CCC(=O)c2ccc3c(c2)OCCCO3)n1. The molecule has 1 aliphatic heterocycles. The molecule has 2 aromatic carbocycles. The number of ketones is 1. The fourth-order valence-corrected chi connectivity index (χ4v) is 4.66. The van der Waals surface area contributed by atoms with Gasteiger partial charge in [-0.15, -0.1) is 11.3 Å². The van der Waals surface area contributed by atoms with Crippen LogP contribution in [0, 0.1) is 0 Å². The molecule has 1 aromatic heterocycles. The lowest BCUT2D eigenvalue weighted by Crippen LogP contribution is -2.30. The molecule has 3 N–H and O–H groups in total. The van der Waals surface area contributed by atoms with Crippen LogP contribution in [-0.4, -0.2) is 29.9 Å². The molecular weight excluding hydrogens is 450 g/mol. The second-order valence-corrected chi connectivity index (χ2v) is 9.12. The van der Waals surface area contributed by atoms with Crippen LogP contribution in [0.15, 0.2) is 47.8 Å². The van der Waals surface area contributed by atoms with E-state index in [1.54, 1.807) is 18.2 Å². The van der Waals surface area contributed by atoms with Crippen LogP contribution in [0.2, 0.25) is 0 Å². The molecule has 0 radical (unpaired) electrons. The highest BCUT2D eigenvalue weighted by atomic mass is 32.1. The number of amides is 1. The van der Waals surface area contributed by atoms with Gasteiger partial charge in [0, 0.05) is 35.9 Å². The van der Waals surface area contributed by atoms with Crippen molar-refractivity contribution in [3.05, 3.63) is 69.7 Å². The van der Waals surface area contributed by atoms with Gasteiger partial charge >= 0.3 is 0 Å². The van der Waals surface area contributed by atoms with E-state index in [1.165, 1.54) is 11.3 Å². The van der Waals surface area contributed by atoms with Gasteiger partial charge in [0.05, 0.1) is 24.9 Å². The van der Waals surface area contributed by atoms with Gasteiger partial charge in [0.25, 0.3) is 0 Å². The third kappa shape index (κ3) is 6.14. The molecule has 178 valence electrons. The lowest BCUT2D eigenvalue weighted by Gasteiger charge is -2.17. The summed E-state index contributed by atoms with van der Waals surface area (Å²) in [4.78, 5) is 30.2. The van der Waals surface area contributed by atoms with Gasteiger partial charge in [-0.1, -0.05) is 19.1 Å². The van der Waals surface area contributed by atoms with Gasteiger partial charge in [0.2, 0.25) is 5.91 Å². The van der Waals surface area contributed by atoms with E-state index in [9.17, 15) is 9.59 Å². The Kier molecular flexibility index (Phi) is 7.80. The van der Waals surface area contributed by atoms with Crippen LogP contribution >= 0.6 is 11.3 Å². The number of nitrogens with two attached hydrogens (primary N) is 1. The minimum atomic E-state index is -0.269. The second kappa shape index (κ2) is 11.2. The molecule has 8 heteroatoms. The topological polar surface area (TPSA) is 104 Å². The number of rotatable bonds is 9. The molecule has 2 heterocycles. The maximum atomic E-state index is 12.8. The van der Waals surface area contributed by atoms with Crippen molar-refractivity contribution in [3.63, 3.8) is 0 Å². The monoisotopic (exact) mass is 479 g/mol. The van der Waals surface area contributed by atoms with Crippen LogP contribution in [-0.2, 0) is 17.6 Å². The summed E-state index contributed by atoms with van der Waals surface area (Å²) in [5.41, 5.74) is 9.07. The van der Waals surface area contributed by atoms with E-state index in [2.05, 4.69) is 17.2 Å². The van der Waals surface area contributed by atoms with E-state index in [0.717, 1.165) is 29.1 Å². The summed E-state index contributed by atoms with van der Waals surface area (Å²) >= 11 is 1.54. The lowest BCUT2D eigenvalue weighted by molar-refractivity contribution is -0.121. The Balaban J connectivity index is 1.39. The van der Waals surface area contributed by atoms with Crippen LogP contribution in [0.1, 0.15) is 58.9 Å². The molecule has 0 aliphatic carbocycles. The molecule has 0 spiro atoms. The number of benzene rings is 2. The normalized spacial score (nSPS) is 13.7. The summed E-state index contributed by atoms with van der Waals surface area (Å²) in [6.45, 7) is 3.20. The second-order valence-electron chi connectivity index (χ2n) is 8.23. The molecule has 4 rings (SSSR count). The van der Waals surface area contributed by atoms with Gasteiger partial charge in [-0.2, -0.15) is 0 Å². The number of carbonyl (C=O) groups excluding carboxylic acids is 2. The van der Waals surface area contributed by atoms with Crippen molar-refractivity contribution in [1.29, 1.82) is 0 Å². The Morgan fingerprint density at radius 1 is 1.09 bits per heavy atom. The van der Waals surface area contributed by atoms with E-state index < -0.39 is 0 Å². The fourth-order valence-electron chi connectivity index (χ4n) is 3.71. The third-order valence-electron chi connectivity index (χ3n) is 5.63. The summed E-state index contributed by atoms with van der Waals surface area (Å²) in [5.74, 6) is 0.929. The number of nitrogens with one attached hydrogen (secondary N) is 1. The predicted octanol–water partition coefficient (Wildman–Crippen LogP) is 4.51. The highest BCUT2D eigenvalue weighted by molar-refractivity contribution is 7.09. The van der Waals surface area contributed by atoms with Crippen molar-refractivity contribution in [1.82, 2.24) is 10.3 Å². The Labute approximate surface area is 203 Å². The predicted molar refractivity (Wildman–Crippen MR) is 133 cm³/mol. The molecule has 7 nitrogen and oxygen atoms in total. The van der Waals surface area contributed by atoms with Crippen molar-refractivity contribution in [2.75, 3.05) is 18.9 Å². The molecule has 0 bridgehead atoms. The van der Waals surface area contributed by atoms with Crippen LogP contribution in [0.5, 0.6) is 11.5 Å². The molecule has 0 saturated heterocycles. The smallest absolute Gasteiger partial charge is 0.221 e. The number of anilines is 1. The number of nitrogen functional groups attached to an aromatic ring is 1. The van der Waals surface area contributed by atoms with Gasteiger partial charge in [-0.05, 0) is 48.7 Å². The van der Waals surface area contributed by atoms with Crippen LogP contribution < -0.4 is 20.5 Å². The van der Waals surface area contributed by atoms with Crippen molar-refractivity contribution in [2.45, 2.75) is 45.1 Å². The third-order valence-corrected chi connectivity index (χ3v) is 6.64. The van der Waals surface area contributed by atoms with Crippen LogP contribution in [0.3, 0.4) is 0 Å². The number of hydrogen-bond acceptors (Lipinski definition) is 7. The largest absolute Gasteiger partial charge is 0.490 e. The molecule has 0 saturated carbocycles. The minimum Gasteiger partial charge on any atom is -0.490 e. The first-order valence-electron chi connectivity index (χ1n) is 11.5. The molecule has 3 aromatic rings. The van der Waals surface area contributed by atoms with E-state index in [4.69, 9.17) is 15.2 Å². The lowest BCUT2D eigenvalue weighted by atomic mass is 10.0. The quantitative estimate of drug-likeness (QED) is 0.346. The number of aryl methyl sites for hydroxylation is 1. The van der Waals surface area contributed by atoms with Crippen molar-refractivity contribution < 1.29 is 19.1 Å². The first-order valence-corrected chi connectivity index (χ1v) is 12.4. The maximum Gasteiger partial charge on any atom is 0.221 e. The average molecular weight is 480 g/mol. The van der Waals surface area contributed by atoms with Gasteiger partial charge in [0.1, 0.15) is 5.01 Å². The molecule has 1 atom stereocenters. The summed E-state index contributed by atoms with van der Waals surface area (Å²) in [7, 11) is 0. The highest BCUT2D eigenvalue weighted by Crippen LogP contribution is 2.31. The molecule has 1 amide bonds. The van der Waals surface area contributed by atoms with Gasteiger partial charge in [-0.3, -0.25) is 9.59 Å². The Morgan fingerprint density at radius 2 is 1.85 bits per heavy atom.